The first kappa shape index (κ1) is 19.6. The van der Waals surface area contributed by atoms with Crippen molar-refractivity contribution in [3.8, 4) is 0 Å². The number of aromatic carboxylic acids is 1. The van der Waals surface area contributed by atoms with E-state index in [9.17, 15) is 9.59 Å². The van der Waals surface area contributed by atoms with Gasteiger partial charge in [0.25, 0.3) is 0 Å². The molecular formula is C20H26N2O4S. The van der Waals surface area contributed by atoms with Crippen molar-refractivity contribution in [3.63, 3.8) is 0 Å². The van der Waals surface area contributed by atoms with E-state index >= 15 is 0 Å². The molecule has 7 heteroatoms. The normalized spacial score (nSPS) is 16.3. The van der Waals surface area contributed by atoms with E-state index in [1.165, 1.54) is 11.3 Å². The summed E-state index contributed by atoms with van der Waals surface area (Å²) in [6.45, 7) is 9.50. The van der Waals surface area contributed by atoms with Crippen LogP contribution in [0.3, 0.4) is 0 Å². The molecule has 27 heavy (non-hydrogen) atoms. The molecule has 0 saturated carbocycles. The van der Waals surface area contributed by atoms with Crippen LogP contribution in [0.4, 0.5) is 4.79 Å². The highest BCUT2D eigenvalue weighted by molar-refractivity contribution is 7.20. The Morgan fingerprint density at radius 2 is 1.93 bits per heavy atom. The minimum atomic E-state index is -0.882. The summed E-state index contributed by atoms with van der Waals surface area (Å²) in [4.78, 5) is 27.9. The lowest BCUT2D eigenvalue weighted by molar-refractivity contribution is 0.0257. The zero-order valence-electron chi connectivity index (χ0n) is 16.0. The number of carboxylic acid groups (broad SMARTS) is 1. The quantitative estimate of drug-likeness (QED) is 0.856. The van der Waals surface area contributed by atoms with E-state index in [1.807, 2.05) is 26.8 Å². The predicted molar refractivity (Wildman–Crippen MR) is 106 cm³/mol. The minimum absolute atomic E-state index is 0.245. The van der Waals surface area contributed by atoms with Gasteiger partial charge in [0.05, 0.1) is 0 Å². The average molecular weight is 391 g/mol. The van der Waals surface area contributed by atoms with Gasteiger partial charge in [-0.25, -0.2) is 9.59 Å². The third kappa shape index (κ3) is 5.20. The molecule has 1 aromatic carbocycles. The van der Waals surface area contributed by atoms with Gasteiger partial charge in [0.15, 0.2) is 0 Å². The number of carboxylic acids is 1. The average Bonchev–Trinajstić information content (AvgIpc) is 2.85. The fraction of sp³-hybridized carbons (Fsp3) is 0.500. The molecule has 0 atom stereocenters. The lowest BCUT2D eigenvalue weighted by atomic mass is 10.1. The molecule has 2 aromatic rings. The summed E-state index contributed by atoms with van der Waals surface area (Å²) in [5.74, 6) is -0.882. The van der Waals surface area contributed by atoms with Crippen LogP contribution in [0.5, 0.6) is 0 Å². The van der Waals surface area contributed by atoms with Gasteiger partial charge in [0.2, 0.25) is 0 Å². The summed E-state index contributed by atoms with van der Waals surface area (Å²) in [6.07, 6.45) is 0.662. The van der Waals surface area contributed by atoms with Crippen LogP contribution in [0, 0.1) is 0 Å². The number of rotatable bonds is 3. The van der Waals surface area contributed by atoms with Crippen LogP contribution in [0.15, 0.2) is 24.3 Å². The van der Waals surface area contributed by atoms with Crippen molar-refractivity contribution in [1.82, 2.24) is 9.80 Å². The van der Waals surface area contributed by atoms with Crippen molar-refractivity contribution < 1.29 is 19.4 Å². The highest BCUT2D eigenvalue weighted by Crippen LogP contribution is 2.27. The van der Waals surface area contributed by atoms with Crippen LogP contribution in [-0.4, -0.2) is 58.7 Å². The molecule has 0 aliphatic carbocycles. The third-order valence-electron chi connectivity index (χ3n) is 4.44. The van der Waals surface area contributed by atoms with Gasteiger partial charge in [-0.2, -0.15) is 0 Å². The van der Waals surface area contributed by atoms with Gasteiger partial charge < -0.3 is 14.7 Å². The third-order valence-corrected chi connectivity index (χ3v) is 5.53. The summed E-state index contributed by atoms with van der Waals surface area (Å²) in [5.41, 5.74) is 0.681. The predicted octanol–water partition coefficient (Wildman–Crippen LogP) is 4.04. The number of hydrogen-bond donors (Lipinski definition) is 1. The maximum atomic E-state index is 12.3. The van der Waals surface area contributed by atoms with Gasteiger partial charge in [-0.3, -0.25) is 4.90 Å². The molecular weight excluding hydrogens is 364 g/mol. The van der Waals surface area contributed by atoms with Gasteiger partial charge in [0.1, 0.15) is 10.5 Å². The molecule has 1 aliphatic heterocycles. The van der Waals surface area contributed by atoms with E-state index in [0.29, 0.717) is 18.0 Å². The van der Waals surface area contributed by atoms with E-state index < -0.39 is 11.6 Å². The number of carbonyl (C=O) groups is 2. The first-order chi connectivity index (χ1) is 12.7. The van der Waals surface area contributed by atoms with E-state index in [4.69, 9.17) is 9.84 Å². The molecule has 0 bridgehead atoms. The number of thiophene rings is 1. The summed E-state index contributed by atoms with van der Waals surface area (Å²) in [7, 11) is 0. The topological polar surface area (TPSA) is 70.1 Å². The van der Waals surface area contributed by atoms with Crippen molar-refractivity contribution in [2.75, 3.05) is 26.2 Å². The van der Waals surface area contributed by atoms with Crippen molar-refractivity contribution in [2.24, 2.45) is 0 Å². The molecule has 0 spiro atoms. The van der Waals surface area contributed by atoms with Gasteiger partial charge >= 0.3 is 12.1 Å². The Labute approximate surface area is 163 Å². The number of amides is 1. The Kier molecular flexibility index (Phi) is 5.72. The van der Waals surface area contributed by atoms with Crippen molar-refractivity contribution in [3.05, 3.63) is 34.7 Å². The molecule has 2 heterocycles. The van der Waals surface area contributed by atoms with E-state index in [1.54, 1.807) is 11.0 Å². The van der Waals surface area contributed by atoms with E-state index in [0.717, 1.165) is 41.7 Å². The largest absolute Gasteiger partial charge is 0.477 e. The van der Waals surface area contributed by atoms with Crippen LogP contribution < -0.4 is 0 Å². The Morgan fingerprint density at radius 1 is 1.15 bits per heavy atom. The summed E-state index contributed by atoms with van der Waals surface area (Å²) < 4.78 is 6.47. The molecule has 0 unspecified atom stereocenters. The fourth-order valence-electron chi connectivity index (χ4n) is 3.18. The second kappa shape index (κ2) is 7.86. The monoisotopic (exact) mass is 390 g/mol. The standard InChI is InChI=1S/C20H26N2O4S/c1-20(2,3)26-19(25)22-8-4-7-21(9-10-22)13-14-5-6-15-12-17(18(23)24)27-16(15)11-14/h5-6,11-12H,4,7-10,13H2,1-3H3,(H,23,24). The van der Waals surface area contributed by atoms with E-state index in [2.05, 4.69) is 17.0 Å². The maximum absolute atomic E-state index is 12.3. The second-order valence-electron chi connectivity index (χ2n) is 7.89. The highest BCUT2D eigenvalue weighted by atomic mass is 32.1. The van der Waals surface area contributed by atoms with Crippen LogP contribution >= 0.6 is 11.3 Å². The number of benzene rings is 1. The molecule has 1 N–H and O–H groups in total. The Balaban J connectivity index is 1.62. The maximum Gasteiger partial charge on any atom is 0.410 e. The van der Waals surface area contributed by atoms with Gasteiger partial charge in [-0.1, -0.05) is 12.1 Å². The second-order valence-corrected chi connectivity index (χ2v) is 8.97. The lowest BCUT2D eigenvalue weighted by Gasteiger charge is -2.26. The molecule has 0 radical (unpaired) electrons. The van der Waals surface area contributed by atoms with Gasteiger partial charge in [-0.15, -0.1) is 11.3 Å². The molecule has 1 saturated heterocycles. The molecule has 1 aromatic heterocycles. The van der Waals surface area contributed by atoms with Crippen molar-refractivity contribution in [1.29, 1.82) is 0 Å². The van der Waals surface area contributed by atoms with Gasteiger partial charge in [0, 0.05) is 37.4 Å². The zero-order chi connectivity index (χ0) is 19.6. The Hall–Kier alpha value is -2.12. The summed E-state index contributed by atoms with van der Waals surface area (Å²) in [5, 5.41) is 10.1. The summed E-state index contributed by atoms with van der Waals surface area (Å²) in [6, 6.07) is 7.83. The molecule has 1 fully saturated rings. The fourth-order valence-corrected chi connectivity index (χ4v) is 4.14. The van der Waals surface area contributed by atoms with Crippen molar-refractivity contribution >= 4 is 33.5 Å². The minimum Gasteiger partial charge on any atom is -0.477 e. The Bertz CT molecular complexity index is 840. The first-order valence-corrected chi connectivity index (χ1v) is 9.99. The SMILES string of the molecule is CC(C)(C)OC(=O)N1CCCN(Cc2ccc3cc(C(=O)O)sc3c2)CC1. The van der Waals surface area contributed by atoms with Crippen molar-refractivity contribution in [2.45, 2.75) is 39.3 Å². The Morgan fingerprint density at radius 3 is 2.63 bits per heavy atom. The lowest BCUT2D eigenvalue weighted by Crippen LogP contribution is -2.39. The number of carbonyl (C=O) groups excluding carboxylic acids is 1. The molecule has 146 valence electrons. The number of ether oxygens (including phenoxy) is 1. The van der Waals surface area contributed by atoms with Crippen LogP contribution in [0.25, 0.3) is 10.1 Å². The summed E-state index contributed by atoms with van der Waals surface area (Å²) >= 11 is 1.31. The van der Waals surface area contributed by atoms with Crippen LogP contribution in [0.1, 0.15) is 42.4 Å². The number of hydrogen-bond acceptors (Lipinski definition) is 5. The zero-order valence-corrected chi connectivity index (χ0v) is 16.8. The first-order valence-electron chi connectivity index (χ1n) is 9.17. The molecule has 1 aliphatic rings. The molecule has 3 rings (SSSR count). The van der Waals surface area contributed by atoms with Crippen LogP contribution in [-0.2, 0) is 11.3 Å². The molecule has 1 amide bonds. The number of fused-ring (bicyclic) bond motifs is 1. The number of nitrogens with zero attached hydrogens (tertiary/aromatic N) is 2. The van der Waals surface area contributed by atoms with Gasteiger partial charge in [-0.05, 0) is 50.3 Å². The van der Waals surface area contributed by atoms with E-state index in [-0.39, 0.29) is 6.09 Å². The smallest absolute Gasteiger partial charge is 0.410 e. The van der Waals surface area contributed by atoms with Crippen LogP contribution in [0.2, 0.25) is 0 Å². The molecule has 6 nitrogen and oxygen atoms in total. The highest BCUT2D eigenvalue weighted by Gasteiger charge is 2.24.